The molecule has 0 aliphatic carbocycles. The maximum atomic E-state index is 13.5. The van der Waals surface area contributed by atoms with Gasteiger partial charge in [-0.1, -0.05) is 6.07 Å². The van der Waals surface area contributed by atoms with Crippen LogP contribution in [0.5, 0.6) is 0 Å². The molecule has 0 radical (unpaired) electrons. The first-order valence-electron chi connectivity index (χ1n) is 5.59. The first-order valence-corrected chi connectivity index (χ1v) is 6.67. The van der Waals surface area contributed by atoms with Crippen molar-refractivity contribution in [2.75, 3.05) is 5.32 Å². The number of halogens is 3. The molecule has 2 aromatic rings. The fourth-order valence-corrected chi connectivity index (χ4v) is 2.14. The molecule has 4 nitrogen and oxygen atoms in total. The summed E-state index contributed by atoms with van der Waals surface area (Å²) in [5.41, 5.74) is 0.442. The molecule has 0 aromatic heterocycles. The fourth-order valence-electron chi connectivity index (χ4n) is 1.66. The van der Waals surface area contributed by atoms with Crippen molar-refractivity contribution in [3.05, 3.63) is 67.3 Å². The van der Waals surface area contributed by atoms with Gasteiger partial charge >= 0.3 is 0 Å². The molecular formula is C13H9F2IN2O2. The Labute approximate surface area is 127 Å². The summed E-state index contributed by atoms with van der Waals surface area (Å²) in [7, 11) is 0. The van der Waals surface area contributed by atoms with Crippen LogP contribution in [0.1, 0.15) is 5.56 Å². The molecule has 20 heavy (non-hydrogen) atoms. The van der Waals surface area contributed by atoms with Crippen molar-refractivity contribution in [2.24, 2.45) is 0 Å². The smallest absolute Gasteiger partial charge is 0.293 e. The Kier molecular flexibility index (Phi) is 4.48. The second kappa shape index (κ2) is 6.12. The third-order valence-electron chi connectivity index (χ3n) is 2.64. The van der Waals surface area contributed by atoms with Crippen LogP contribution in [0.25, 0.3) is 0 Å². The zero-order valence-corrected chi connectivity index (χ0v) is 12.2. The first kappa shape index (κ1) is 14.6. The van der Waals surface area contributed by atoms with Gasteiger partial charge in [-0.05, 0) is 40.8 Å². The van der Waals surface area contributed by atoms with Gasteiger partial charge in [0.25, 0.3) is 5.69 Å². The number of hydrogen-bond donors (Lipinski definition) is 1. The third kappa shape index (κ3) is 3.41. The summed E-state index contributed by atoms with van der Waals surface area (Å²) in [6.45, 7) is 0.0353. The third-order valence-corrected chi connectivity index (χ3v) is 3.31. The Bertz CT molecular complexity index is 665. The van der Waals surface area contributed by atoms with Crippen molar-refractivity contribution in [3.8, 4) is 0 Å². The topological polar surface area (TPSA) is 55.2 Å². The molecule has 2 aromatic carbocycles. The highest BCUT2D eigenvalue weighted by Crippen LogP contribution is 2.27. The Morgan fingerprint density at radius 1 is 1.20 bits per heavy atom. The zero-order chi connectivity index (χ0) is 14.7. The summed E-state index contributed by atoms with van der Waals surface area (Å²) in [6, 6.07) is 7.90. The molecule has 0 fully saturated rings. The highest BCUT2D eigenvalue weighted by Gasteiger charge is 2.14. The summed E-state index contributed by atoms with van der Waals surface area (Å²) in [5, 5.41) is 13.7. The Hall–Kier alpha value is -1.77. The molecule has 0 unspecified atom stereocenters. The van der Waals surface area contributed by atoms with E-state index in [2.05, 4.69) is 5.32 Å². The zero-order valence-electron chi connectivity index (χ0n) is 10.1. The highest BCUT2D eigenvalue weighted by atomic mass is 127. The quantitative estimate of drug-likeness (QED) is 0.486. The molecule has 0 spiro atoms. The van der Waals surface area contributed by atoms with E-state index in [-0.39, 0.29) is 17.8 Å². The van der Waals surface area contributed by atoms with Crippen LogP contribution in [0, 0.1) is 25.3 Å². The SMILES string of the molecule is O=[N+]([O-])c1cc(I)ccc1NCc1ccc(F)cc1F. The number of nitrogens with zero attached hydrogens (tertiary/aromatic N) is 1. The number of hydrogen-bond acceptors (Lipinski definition) is 3. The maximum Gasteiger partial charge on any atom is 0.293 e. The second-order valence-electron chi connectivity index (χ2n) is 4.01. The lowest BCUT2D eigenvalue weighted by molar-refractivity contribution is -0.384. The van der Waals surface area contributed by atoms with E-state index in [0.29, 0.717) is 5.69 Å². The standard InChI is InChI=1S/C13H9F2IN2O2/c14-9-2-1-8(11(15)5-9)7-17-12-4-3-10(16)6-13(12)18(19)20/h1-6,17H,7H2. The second-order valence-corrected chi connectivity index (χ2v) is 5.25. The molecule has 0 aliphatic rings. The van der Waals surface area contributed by atoms with Gasteiger partial charge in [-0.15, -0.1) is 0 Å². The Morgan fingerprint density at radius 2 is 1.95 bits per heavy atom. The molecule has 104 valence electrons. The van der Waals surface area contributed by atoms with Crippen LogP contribution in [0.3, 0.4) is 0 Å². The van der Waals surface area contributed by atoms with Crippen molar-refractivity contribution in [1.29, 1.82) is 0 Å². The summed E-state index contributed by atoms with van der Waals surface area (Å²) in [5.74, 6) is -1.35. The normalized spacial score (nSPS) is 10.3. The largest absolute Gasteiger partial charge is 0.375 e. The van der Waals surface area contributed by atoms with Gasteiger partial charge in [0.15, 0.2) is 0 Å². The van der Waals surface area contributed by atoms with Crippen LogP contribution >= 0.6 is 22.6 Å². The lowest BCUT2D eigenvalue weighted by atomic mass is 10.2. The Balaban J connectivity index is 2.20. The summed E-state index contributed by atoms with van der Waals surface area (Å²) < 4.78 is 27.0. The van der Waals surface area contributed by atoms with E-state index < -0.39 is 16.6 Å². The number of benzene rings is 2. The minimum absolute atomic E-state index is 0.0353. The van der Waals surface area contributed by atoms with Crippen molar-refractivity contribution < 1.29 is 13.7 Å². The van der Waals surface area contributed by atoms with Crippen LogP contribution in [-0.4, -0.2) is 4.92 Å². The lowest BCUT2D eigenvalue weighted by Crippen LogP contribution is -2.04. The molecule has 0 atom stereocenters. The summed E-state index contributed by atoms with van der Waals surface area (Å²) in [6.07, 6.45) is 0. The van der Waals surface area contributed by atoms with E-state index in [1.165, 1.54) is 12.1 Å². The number of nitro groups is 1. The van der Waals surface area contributed by atoms with Gasteiger partial charge in [0.2, 0.25) is 0 Å². The molecule has 0 heterocycles. The van der Waals surface area contributed by atoms with Crippen LogP contribution < -0.4 is 5.32 Å². The minimum atomic E-state index is -0.689. The van der Waals surface area contributed by atoms with Gasteiger partial charge in [-0.25, -0.2) is 8.78 Å². The van der Waals surface area contributed by atoms with E-state index >= 15 is 0 Å². The average Bonchev–Trinajstić information content (AvgIpc) is 2.38. The van der Waals surface area contributed by atoms with Gasteiger partial charge in [0.05, 0.1) is 4.92 Å². The van der Waals surface area contributed by atoms with E-state index in [1.54, 1.807) is 12.1 Å². The van der Waals surface area contributed by atoms with Crippen LogP contribution in [0.2, 0.25) is 0 Å². The van der Waals surface area contributed by atoms with E-state index in [1.807, 2.05) is 22.6 Å². The van der Waals surface area contributed by atoms with Crippen LogP contribution in [0.15, 0.2) is 36.4 Å². The number of nitro benzene ring substituents is 1. The molecule has 0 saturated carbocycles. The molecule has 0 amide bonds. The maximum absolute atomic E-state index is 13.5. The monoisotopic (exact) mass is 390 g/mol. The van der Waals surface area contributed by atoms with Gasteiger partial charge in [0, 0.05) is 27.8 Å². The van der Waals surface area contributed by atoms with Gasteiger partial charge in [-0.3, -0.25) is 10.1 Å². The highest BCUT2D eigenvalue weighted by molar-refractivity contribution is 14.1. The number of anilines is 1. The predicted octanol–water partition coefficient (Wildman–Crippen LogP) is 4.09. The minimum Gasteiger partial charge on any atom is -0.375 e. The summed E-state index contributed by atoms with van der Waals surface area (Å²) >= 11 is 1.97. The van der Waals surface area contributed by atoms with Crippen LogP contribution in [-0.2, 0) is 6.54 Å². The first-order chi connectivity index (χ1) is 9.47. The van der Waals surface area contributed by atoms with E-state index in [9.17, 15) is 18.9 Å². The number of nitrogens with one attached hydrogen (secondary N) is 1. The van der Waals surface area contributed by atoms with Crippen molar-refractivity contribution in [2.45, 2.75) is 6.54 Å². The molecule has 0 saturated heterocycles. The van der Waals surface area contributed by atoms with Crippen molar-refractivity contribution >= 4 is 34.0 Å². The van der Waals surface area contributed by atoms with E-state index in [0.717, 1.165) is 15.7 Å². The van der Waals surface area contributed by atoms with Crippen molar-refractivity contribution in [3.63, 3.8) is 0 Å². The van der Waals surface area contributed by atoms with Gasteiger partial charge < -0.3 is 5.32 Å². The molecule has 1 N–H and O–H groups in total. The summed E-state index contributed by atoms with van der Waals surface area (Å²) in [4.78, 5) is 10.4. The van der Waals surface area contributed by atoms with E-state index in [4.69, 9.17) is 0 Å². The van der Waals surface area contributed by atoms with Gasteiger partial charge in [-0.2, -0.15) is 0 Å². The predicted molar refractivity (Wildman–Crippen MR) is 79.5 cm³/mol. The van der Waals surface area contributed by atoms with Gasteiger partial charge in [0.1, 0.15) is 17.3 Å². The molecule has 0 aliphatic heterocycles. The molecule has 7 heteroatoms. The fraction of sp³-hybridized carbons (Fsp3) is 0.0769. The lowest BCUT2D eigenvalue weighted by Gasteiger charge is -2.08. The molecule has 0 bridgehead atoms. The Morgan fingerprint density at radius 3 is 2.60 bits per heavy atom. The molecule has 2 rings (SSSR count). The molecular weight excluding hydrogens is 381 g/mol. The van der Waals surface area contributed by atoms with Crippen LogP contribution in [0.4, 0.5) is 20.2 Å². The average molecular weight is 390 g/mol. The number of rotatable bonds is 4. The van der Waals surface area contributed by atoms with Crippen molar-refractivity contribution in [1.82, 2.24) is 0 Å².